The molecule has 1 amide bonds. The van der Waals surface area contributed by atoms with Gasteiger partial charge >= 0.3 is 0 Å². The first kappa shape index (κ1) is 20.2. The molecule has 0 N–H and O–H groups in total. The van der Waals surface area contributed by atoms with Crippen LogP contribution in [0.3, 0.4) is 0 Å². The van der Waals surface area contributed by atoms with Crippen molar-refractivity contribution in [3.05, 3.63) is 54.7 Å². The van der Waals surface area contributed by atoms with Gasteiger partial charge in [-0.2, -0.15) is 0 Å². The first-order chi connectivity index (χ1) is 14.6. The summed E-state index contributed by atoms with van der Waals surface area (Å²) in [6.45, 7) is 5.60. The van der Waals surface area contributed by atoms with Crippen LogP contribution < -0.4 is 9.47 Å². The lowest BCUT2D eigenvalue weighted by atomic mass is 10.0. The maximum absolute atomic E-state index is 11.1. The third-order valence-corrected chi connectivity index (χ3v) is 5.42. The Morgan fingerprint density at radius 1 is 1.07 bits per heavy atom. The average Bonchev–Trinajstić information content (AvgIpc) is 2.99. The molecule has 5 nitrogen and oxygen atoms in total. The van der Waals surface area contributed by atoms with Gasteiger partial charge in [-0.15, -0.1) is 0 Å². The number of likely N-dealkylation sites (tertiary alicyclic amines) is 1. The summed E-state index contributed by atoms with van der Waals surface area (Å²) in [6.07, 6.45) is 5.77. The summed E-state index contributed by atoms with van der Waals surface area (Å²) in [5, 5.41) is 1.01. The summed E-state index contributed by atoms with van der Waals surface area (Å²) in [5.74, 6) is 1.72. The van der Waals surface area contributed by atoms with Gasteiger partial charge in [-0.1, -0.05) is 24.3 Å². The second kappa shape index (κ2) is 9.16. The highest BCUT2D eigenvalue weighted by atomic mass is 16.5. The predicted molar refractivity (Wildman–Crippen MR) is 119 cm³/mol. The summed E-state index contributed by atoms with van der Waals surface area (Å²) >= 11 is 0. The van der Waals surface area contributed by atoms with Crippen molar-refractivity contribution in [1.29, 1.82) is 0 Å². The number of pyridine rings is 1. The van der Waals surface area contributed by atoms with Crippen LogP contribution in [0.25, 0.3) is 22.0 Å². The molecule has 1 atom stereocenters. The Bertz CT molecular complexity index is 1000. The van der Waals surface area contributed by atoms with Crippen LogP contribution in [0, 0.1) is 0 Å². The van der Waals surface area contributed by atoms with E-state index < -0.39 is 0 Å². The molecule has 5 heteroatoms. The largest absolute Gasteiger partial charge is 0.491 e. The first-order valence-electron chi connectivity index (χ1n) is 10.6. The second-order valence-corrected chi connectivity index (χ2v) is 8.01. The number of nitrogens with zero attached hydrogens (tertiary/aromatic N) is 2. The third kappa shape index (κ3) is 4.56. The van der Waals surface area contributed by atoms with Crippen LogP contribution in [0.5, 0.6) is 11.5 Å². The van der Waals surface area contributed by atoms with E-state index in [2.05, 4.69) is 29.2 Å². The molecule has 1 aliphatic rings. The molecular weight excluding hydrogens is 376 g/mol. The van der Waals surface area contributed by atoms with Gasteiger partial charge < -0.3 is 14.4 Å². The summed E-state index contributed by atoms with van der Waals surface area (Å²) in [4.78, 5) is 17.6. The first-order valence-corrected chi connectivity index (χ1v) is 10.6. The van der Waals surface area contributed by atoms with Crippen molar-refractivity contribution in [2.75, 3.05) is 13.1 Å². The quantitative estimate of drug-likeness (QED) is 0.538. The Balaban J connectivity index is 1.61. The molecule has 2 aromatic carbocycles. The van der Waals surface area contributed by atoms with Crippen LogP contribution in [-0.4, -0.2) is 41.6 Å². The number of hydrogen-bond acceptors (Lipinski definition) is 4. The molecule has 156 valence electrons. The molecule has 0 spiro atoms. The molecule has 0 bridgehead atoms. The van der Waals surface area contributed by atoms with Crippen LogP contribution in [-0.2, 0) is 4.79 Å². The smallest absolute Gasteiger partial charge is 0.209 e. The highest BCUT2D eigenvalue weighted by Gasteiger charge is 2.19. The summed E-state index contributed by atoms with van der Waals surface area (Å²) < 4.78 is 12.2. The third-order valence-electron chi connectivity index (χ3n) is 5.42. The van der Waals surface area contributed by atoms with E-state index in [0.29, 0.717) is 0 Å². The molecule has 1 saturated heterocycles. The minimum absolute atomic E-state index is 0.108. The van der Waals surface area contributed by atoms with Crippen LogP contribution in [0.1, 0.15) is 33.1 Å². The van der Waals surface area contributed by atoms with Crippen LogP contribution in [0.4, 0.5) is 0 Å². The zero-order chi connectivity index (χ0) is 20.9. The minimum atomic E-state index is 0.108. The lowest BCUT2D eigenvalue weighted by molar-refractivity contribution is -0.118. The lowest BCUT2D eigenvalue weighted by Gasteiger charge is -2.19. The minimum Gasteiger partial charge on any atom is -0.491 e. The Morgan fingerprint density at radius 3 is 2.67 bits per heavy atom. The Labute approximate surface area is 177 Å². The molecule has 1 unspecified atom stereocenters. The fraction of sp³-hybridized carbons (Fsp3) is 0.360. The molecule has 0 radical (unpaired) electrons. The second-order valence-electron chi connectivity index (χ2n) is 8.01. The maximum atomic E-state index is 11.1. The lowest BCUT2D eigenvalue weighted by Crippen LogP contribution is -2.24. The Morgan fingerprint density at radius 2 is 1.90 bits per heavy atom. The number of aromatic nitrogens is 1. The molecule has 2 heterocycles. The van der Waals surface area contributed by atoms with Crippen molar-refractivity contribution in [3.8, 4) is 22.6 Å². The van der Waals surface area contributed by atoms with E-state index >= 15 is 0 Å². The summed E-state index contributed by atoms with van der Waals surface area (Å²) in [6, 6.07) is 16.3. The van der Waals surface area contributed by atoms with Crippen molar-refractivity contribution < 1.29 is 14.3 Å². The van der Waals surface area contributed by atoms with Crippen molar-refractivity contribution in [2.24, 2.45) is 0 Å². The fourth-order valence-corrected chi connectivity index (χ4v) is 3.96. The number of amides is 1. The van der Waals surface area contributed by atoms with E-state index in [4.69, 9.17) is 9.47 Å². The van der Waals surface area contributed by atoms with Crippen LogP contribution >= 0.6 is 0 Å². The molecule has 1 aliphatic heterocycles. The number of carbonyl (C=O) groups is 1. The Hall–Kier alpha value is -3.08. The van der Waals surface area contributed by atoms with Crippen LogP contribution in [0.15, 0.2) is 54.7 Å². The van der Waals surface area contributed by atoms with Gasteiger partial charge in [-0.05, 0) is 56.5 Å². The zero-order valence-corrected chi connectivity index (χ0v) is 17.6. The Kier molecular flexibility index (Phi) is 6.17. The molecule has 30 heavy (non-hydrogen) atoms. The summed E-state index contributed by atoms with van der Waals surface area (Å²) in [7, 11) is 0. The number of ether oxygens (including phenoxy) is 2. The van der Waals surface area contributed by atoms with Gasteiger partial charge in [0.05, 0.1) is 11.6 Å². The number of rotatable bonds is 6. The molecule has 1 aromatic heterocycles. The molecule has 3 aromatic rings. The summed E-state index contributed by atoms with van der Waals surface area (Å²) in [5.41, 5.74) is 3.09. The van der Waals surface area contributed by atoms with E-state index in [1.165, 1.54) is 0 Å². The van der Waals surface area contributed by atoms with Crippen molar-refractivity contribution in [2.45, 2.75) is 45.3 Å². The standard InChI is InChI=1S/C25H28N2O3/c1-18(2)29-21-10-8-19(9-11-21)22-6-3-7-23-24(12-14-26-25(22)23)30-20-5-4-15-27(17-28)16-13-20/h3,6-12,14,17-18,20H,4-5,13,15-16H2,1-2H3. The van der Waals surface area contributed by atoms with Gasteiger partial charge in [0.2, 0.25) is 6.41 Å². The molecule has 0 aliphatic carbocycles. The highest BCUT2D eigenvalue weighted by Crippen LogP contribution is 2.34. The van der Waals surface area contributed by atoms with E-state index in [1.54, 1.807) is 0 Å². The van der Waals surface area contributed by atoms with Gasteiger partial charge in [0.1, 0.15) is 17.6 Å². The number of hydrogen-bond donors (Lipinski definition) is 0. The van der Waals surface area contributed by atoms with E-state index in [0.717, 1.165) is 72.3 Å². The zero-order valence-electron chi connectivity index (χ0n) is 17.6. The number of para-hydroxylation sites is 1. The van der Waals surface area contributed by atoms with Gasteiger partial charge in [0.25, 0.3) is 0 Å². The predicted octanol–water partition coefficient (Wildman–Crippen LogP) is 5.08. The number of fused-ring (bicyclic) bond motifs is 1. The number of carbonyl (C=O) groups excluding carboxylic acids is 1. The average molecular weight is 405 g/mol. The van der Waals surface area contributed by atoms with E-state index in [-0.39, 0.29) is 12.2 Å². The van der Waals surface area contributed by atoms with E-state index in [1.807, 2.05) is 49.2 Å². The molecule has 4 rings (SSSR count). The molecule has 1 fully saturated rings. The van der Waals surface area contributed by atoms with Gasteiger partial charge in [0.15, 0.2) is 0 Å². The van der Waals surface area contributed by atoms with Crippen LogP contribution in [0.2, 0.25) is 0 Å². The van der Waals surface area contributed by atoms with Crippen molar-refractivity contribution in [1.82, 2.24) is 9.88 Å². The fourth-order valence-electron chi connectivity index (χ4n) is 3.96. The van der Waals surface area contributed by atoms with Crippen molar-refractivity contribution >= 4 is 17.3 Å². The van der Waals surface area contributed by atoms with Gasteiger partial charge in [0, 0.05) is 36.7 Å². The number of benzene rings is 2. The van der Waals surface area contributed by atoms with Gasteiger partial charge in [-0.3, -0.25) is 9.78 Å². The topological polar surface area (TPSA) is 51.7 Å². The maximum Gasteiger partial charge on any atom is 0.209 e. The normalized spacial score (nSPS) is 17.0. The SMILES string of the molecule is CC(C)Oc1ccc(-c2cccc3c(OC4CCCN(C=O)CC4)ccnc23)cc1. The van der Waals surface area contributed by atoms with E-state index in [9.17, 15) is 4.79 Å². The molecular formula is C25H28N2O3. The molecule has 0 saturated carbocycles. The van der Waals surface area contributed by atoms with Gasteiger partial charge in [-0.25, -0.2) is 0 Å². The monoisotopic (exact) mass is 404 g/mol. The highest BCUT2D eigenvalue weighted by molar-refractivity contribution is 5.96. The van der Waals surface area contributed by atoms with Crippen molar-refractivity contribution in [3.63, 3.8) is 0 Å².